The number of sulfonamides is 1. The van der Waals surface area contributed by atoms with E-state index in [0.29, 0.717) is 50.7 Å². The van der Waals surface area contributed by atoms with Crippen molar-refractivity contribution in [1.82, 2.24) is 4.31 Å². The van der Waals surface area contributed by atoms with Gasteiger partial charge in [-0.15, -0.1) is 0 Å². The molecule has 150 valence electrons. The van der Waals surface area contributed by atoms with Crippen molar-refractivity contribution in [1.29, 1.82) is 0 Å². The number of hydrogen-bond donors (Lipinski definition) is 0. The molecule has 0 N–H and O–H groups in total. The molecule has 1 atom stereocenters. The topological polar surface area (TPSA) is 76.2 Å². The van der Waals surface area contributed by atoms with Crippen LogP contribution in [-0.4, -0.2) is 58.6 Å². The molecule has 3 rings (SSSR count). The molecule has 1 aromatic rings. The predicted octanol–water partition coefficient (Wildman–Crippen LogP) is 2.26. The largest absolute Gasteiger partial charge is 0.495 e. The van der Waals surface area contributed by atoms with Crippen molar-refractivity contribution < 1.29 is 22.7 Å². The van der Waals surface area contributed by atoms with Gasteiger partial charge < -0.3 is 14.4 Å². The zero-order chi connectivity index (χ0) is 19.4. The average molecular weight is 397 g/mol. The molecule has 2 fully saturated rings. The number of hydrogen-bond acceptors (Lipinski definition) is 5. The number of anilines is 1. The van der Waals surface area contributed by atoms with E-state index in [4.69, 9.17) is 9.47 Å². The summed E-state index contributed by atoms with van der Waals surface area (Å²) in [6.45, 7) is 4.68. The molecule has 2 aliphatic rings. The molecule has 0 aromatic heterocycles. The minimum Gasteiger partial charge on any atom is -0.495 e. The minimum atomic E-state index is -3.72. The van der Waals surface area contributed by atoms with Gasteiger partial charge in [0.25, 0.3) is 0 Å². The van der Waals surface area contributed by atoms with E-state index >= 15 is 0 Å². The Bertz CT molecular complexity index is 780. The van der Waals surface area contributed by atoms with Gasteiger partial charge in [-0.05, 0) is 50.3 Å². The highest BCUT2D eigenvalue weighted by molar-refractivity contribution is 7.89. The number of benzene rings is 1. The van der Waals surface area contributed by atoms with Crippen LogP contribution in [0.3, 0.4) is 0 Å². The highest BCUT2D eigenvalue weighted by atomic mass is 32.2. The fourth-order valence-electron chi connectivity index (χ4n) is 3.76. The molecular weight excluding hydrogens is 368 g/mol. The van der Waals surface area contributed by atoms with Crippen molar-refractivity contribution >= 4 is 21.6 Å². The van der Waals surface area contributed by atoms with Crippen LogP contribution in [0.5, 0.6) is 5.75 Å². The van der Waals surface area contributed by atoms with Gasteiger partial charge in [0.05, 0.1) is 13.7 Å². The summed E-state index contributed by atoms with van der Waals surface area (Å²) < 4.78 is 39.0. The van der Waals surface area contributed by atoms with Gasteiger partial charge in [0.15, 0.2) is 0 Å². The number of carbonyl (C=O) groups excluding carboxylic acids is 1. The Labute approximate surface area is 161 Å². The van der Waals surface area contributed by atoms with E-state index in [1.54, 1.807) is 23.1 Å². The van der Waals surface area contributed by atoms with Gasteiger partial charge in [-0.2, -0.15) is 4.31 Å². The van der Waals surface area contributed by atoms with E-state index in [9.17, 15) is 13.2 Å². The number of piperidine rings is 1. The summed E-state index contributed by atoms with van der Waals surface area (Å²) in [5.41, 5.74) is 0.611. The summed E-state index contributed by atoms with van der Waals surface area (Å²) >= 11 is 0. The van der Waals surface area contributed by atoms with E-state index < -0.39 is 10.0 Å². The summed E-state index contributed by atoms with van der Waals surface area (Å²) in [6, 6.07) is 4.95. The third kappa shape index (κ3) is 4.28. The smallest absolute Gasteiger partial charge is 0.246 e. The van der Waals surface area contributed by atoms with Crippen molar-refractivity contribution in [2.75, 3.05) is 44.9 Å². The molecule has 27 heavy (non-hydrogen) atoms. The maximum atomic E-state index is 13.3. The average Bonchev–Trinajstić information content (AvgIpc) is 3.12. The van der Waals surface area contributed by atoms with Crippen LogP contribution in [0.25, 0.3) is 0 Å². The quantitative estimate of drug-likeness (QED) is 0.707. The molecule has 1 aromatic carbocycles. The Hall–Kier alpha value is -1.64. The number of rotatable bonds is 7. The van der Waals surface area contributed by atoms with E-state index in [-0.39, 0.29) is 16.7 Å². The number of methoxy groups -OCH3 is 1. The third-order valence-corrected chi connectivity index (χ3v) is 7.08. The maximum absolute atomic E-state index is 13.3. The number of ether oxygens (including phenoxy) is 2. The van der Waals surface area contributed by atoms with Crippen LogP contribution in [0.15, 0.2) is 23.1 Å². The molecule has 2 heterocycles. The number of nitrogens with zero attached hydrogens (tertiary/aromatic N) is 2. The fraction of sp³-hybridized carbons (Fsp3) is 0.632. The molecule has 0 radical (unpaired) electrons. The van der Waals surface area contributed by atoms with Crippen molar-refractivity contribution in [3.05, 3.63) is 18.2 Å². The van der Waals surface area contributed by atoms with Gasteiger partial charge in [-0.25, -0.2) is 8.42 Å². The molecule has 0 spiro atoms. The molecular formula is C19H28N2O5S. The standard InChI is InChI=1S/C19H28N2O5S/c1-3-26-14-15-6-4-10-20(13-15)27(23,24)18-12-16(8-9-17(18)25-2)21-11-5-7-19(21)22/h8-9,12,15H,3-7,10-11,13-14H2,1-2H3. The minimum absolute atomic E-state index is 0.0262. The lowest BCUT2D eigenvalue weighted by Crippen LogP contribution is -2.41. The first-order valence-electron chi connectivity index (χ1n) is 9.53. The van der Waals surface area contributed by atoms with Gasteiger partial charge in [0.2, 0.25) is 15.9 Å². The summed E-state index contributed by atoms with van der Waals surface area (Å²) in [5, 5.41) is 0. The fourth-order valence-corrected chi connectivity index (χ4v) is 5.49. The molecule has 0 saturated carbocycles. The second-order valence-electron chi connectivity index (χ2n) is 7.01. The lowest BCUT2D eigenvalue weighted by Gasteiger charge is -2.32. The molecule has 1 unspecified atom stereocenters. The van der Waals surface area contributed by atoms with E-state index in [2.05, 4.69) is 0 Å². The number of amides is 1. The SMILES string of the molecule is CCOCC1CCCN(S(=O)(=O)c2cc(N3CCCC3=O)ccc2OC)C1. The van der Waals surface area contributed by atoms with Gasteiger partial charge >= 0.3 is 0 Å². The lowest BCUT2D eigenvalue weighted by atomic mass is 10.0. The first kappa shape index (κ1) is 20.1. The Morgan fingerprint density at radius 2 is 2.04 bits per heavy atom. The van der Waals surface area contributed by atoms with Crippen molar-refractivity contribution in [2.45, 2.75) is 37.5 Å². The molecule has 0 aliphatic carbocycles. The van der Waals surface area contributed by atoms with Crippen LogP contribution in [0.2, 0.25) is 0 Å². The highest BCUT2D eigenvalue weighted by Crippen LogP contribution is 2.34. The van der Waals surface area contributed by atoms with E-state index in [1.807, 2.05) is 6.92 Å². The van der Waals surface area contributed by atoms with Gasteiger partial charge in [-0.1, -0.05) is 0 Å². The second-order valence-corrected chi connectivity index (χ2v) is 8.92. The van der Waals surface area contributed by atoms with Crippen molar-refractivity contribution in [3.63, 3.8) is 0 Å². The third-order valence-electron chi connectivity index (χ3n) is 5.19. The zero-order valence-corrected chi connectivity index (χ0v) is 16.8. The second kappa shape index (κ2) is 8.58. The molecule has 7 nitrogen and oxygen atoms in total. The van der Waals surface area contributed by atoms with Crippen LogP contribution in [-0.2, 0) is 19.6 Å². The van der Waals surface area contributed by atoms with Crippen molar-refractivity contribution in [3.8, 4) is 5.75 Å². The first-order valence-corrected chi connectivity index (χ1v) is 11.0. The molecule has 0 bridgehead atoms. The Kier molecular flexibility index (Phi) is 6.39. The molecule has 8 heteroatoms. The van der Waals surface area contributed by atoms with Crippen LogP contribution in [0, 0.1) is 5.92 Å². The van der Waals surface area contributed by atoms with Gasteiger partial charge in [0.1, 0.15) is 10.6 Å². The van der Waals surface area contributed by atoms with Crippen LogP contribution >= 0.6 is 0 Å². The van der Waals surface area contributed by atoms with Crippen molar-refractivity contribution in [2.24, 2.45) is 5.92 Å². The molecule has 1 amide bonds. The first-order chi connectivity index (χ1) is 13.0. The van der Waals surface area contributed by atoms with Crippen LogP contribution < -0.4 is 9.64 Å². The monoisotopic (exact) mass is 396 g/mol. The number of carbonyl (C=O) groups is 1. The predicted molar refractivity (Wildman–Crippen MR) is 103 cm³/mol. The summed E-state index contributed by atoms with van der Waals surface area (Å²) in [5.74, 6) is 0.526. The summed E-state index contributed by atoms with van der Waals surface area (Å²) in [4.78, 5) is 13.8. The van der Waals surface area contributed by atoms with Crippen LogP contribution in [0.4, 0.5) is 5.69 Å². The van der Waals surface area contributed by atoms with E-state index in [0.717, 1.165) is 19.3 Å². The Morgan fingerprint density at radius 3 is 2.70 bits per heavy atom. The summed E-state index contributed by atoms with van der Waals surface area (Å²) in [7, 11) is -2.26. The van der Waals surface area contributed by atoms with Gasteiger partial charge in [-0.3, -0.25) is 4.79 Å². The van der Waals surface area contributed by atoms with Gasteiger partial charge in [0, 0.05) is 38.3 Å². The Balaban J connectivity index is 1.89. The molecule has 2 aliphatic heterocycles. The maximum Gasteiger partial charge on any atom is 0.246 e. The Morgan fingerprint density at radius 1 is 1.22 bits per heavy atom. The van der Waals surface area contributed by atoms with Crippen LogP contribution in [0.1, 0.15) is 32.6 Å². The normalized spacial score (nSPS) is 21.6. The van der Waals surface area contributed by atoms with E-state index in [1.165, 1.54) is 11.4 Å². The highest BCUT2D eigenvalue weighted by Gasteiger charge is 2.33. The lowest BCUT2D eigenvalue weighted by molar-refractivity contribution is -0.117. The zero-order valence-electron chi connectivity index (χ0n) is 16.0. The summed E-state index contributed by atoms with van der Waals surface area (Å²) in [6.07, 6.45) is 3.06. The molecule has 2 saturated heterocycles.